The van der Waals surface area contributed by atoms with Crippen LogP contribution >= 0.6 is 0 Å². The average molecular weight is 399 g/mol. The molecule has 1 heterocycles. The summed E-state index contributed by atoms with van der Waals surface area (Å²) in [6.45, 7) is 0.561. The maximum absolute atomic E-state index is 12.5. The maximum Gasteiger partial charge on any atom is 0.233 e. The first-order valence-electron chi connectivity index (χ1n) is 11.0. The second-order valence-corrected chi connectivity index (χ2v) is 8.48. The molecule has 0 spiro atoms. The van der Waals surface area contributed by atoms with Crippen LogP contribution in [0.2, 0.25) is 0 Å². The molecule has 2 saturated carbocycles. The summed E-state index contributed by atoms with van der Waals surface area (Å²) in [4.78, 5) is 38.7. The number of likely N-dealkylation sites (tertiary alicyclic amines) is 1. The maximum atomic E-state index is 12.5. The predicted molar refractivity (Wildman–Crippen MR) is 108 cm³/mol. The van der Waals surface area contributed by atoms with Gasteiger partial charge >= 0.3 is 0 Å². The molecule has 2 unspecified atom stereocenters. The van der Waals surface area contributed by atoms with Crippen LogP contribution in [0.15, 0.2) is 24.3 Å². The van der Waals surface area contributed by atoms with Crippen LogP contribution in [0.4, 0.5) is 0 Å². The lowest BCUT2D eigenvalue weighted by atomic mass is 9.81. The van der Waals surface area contributed by atoms with Crippen molar-refractivity contribution in [3.63, 3.8) is 0 Å². The molecule has 1 saturated heterocycles. The number of rotatable bonds is 7. The molecule has 29 heavy (non-hydrogen) atoms. The Labute approximate surface area is 172 Å². The number of imide groups is 1. The van der Waals surface area contributed by atoms with Gasteiger partial charge in [0.2, 0.25) is 17.7 Å². The summed E-state index contributed by atoms with van der Waals surface area (Å²) < 4.78 is 6.11. The highest BCUT2D eigenvalue weighted by Gasteiger charge is 2.47. The van der Waals surface area contributed by atoms with Crippen molar-refractivity contribution in [3.8, 4) is 5.75 Å². The van der Waals surface area contributed by atoms with Crippen molar-refractivity contribution >= 4 is 17.7 Å². The Hall–Kier alpha value is -2.37. The van der Waals surface area contributed by atoms with E-state index in [9.17, 15) is 14.4 Å². The fraction of sp³-hybridized carbons (Fsp3) is 0.609. The molecule has 1 aromatic carbocycles. The highest BCUT2D eigenvalue weighted by Crippen LogP contribution is 2.38. The van der Waals surface area contributed by atoms with Gasteiger partial charge < -0.3 is 10.1 Å². The molecule has 1 N–H and O–H groups in total. The van der Waals surface area contributed by atoms with E-state index in [0.29, 0.717) is 6.54 Å². The first kappa shape index (κ1) is 19.9. The fourth-order valence-electron chi connectivity index (χ4n) is 4.90. The monoisotopic (exact) mass is 398 g/mol. The molecule has 0 radical (unpaired) electrons. The number of carbonyl (C=O) groups excluding carboxylic acids is 3. The van der Waals surface area contributed by atoms with Crippen molar-refractivity contribution in [1.82, 2.24) is 10.2 Å². The Morgan fingerprint density at radius 1 is 0.966 bits per heavy atom. The number of nitrogens with zero attached hydrogens (tertiary/aromatic N) is 1. The highest BCUT2D eigenvalue weighted by molar-refractivity contribution is 6.05. The third-order valence-electron chi connectivity index (χ3n) is 6.54. The molecule has 1 aromatic rings. The van der Waals surface area contributed by atoms with Crippen LogP contribution in [0.5, 0.6) is 5.75 Å². The van der Waals surface area contributed by atoms with Crippen molar-refractivity contribution in [2.45, 2.75) is 70.4 Å². The first-order valence-corrected chi connectivity index (χ1v) is 11.0. The van der Waals surface area contributed by atoms with Gasteiger partial charge in [0.25, 0.3) is 0 Å². The second kappa shape index (κ2) is 8.97. The molecule has 3 amide bonds. The number of fused-ring (bicyclic) bond motifs is 1. The van der Waals surface area contributed by atoms with Crippen molar-refractivity contribution < 1.29 is 19.1 Å². The molecule has 0 aromatic heterocycles. The predicted octanol–water partition coefficient (Wildman–Crippen LogP) is 3.19. The minimum absolute atomic E-state index is 0.0807. The van der Waals surface area contributed by atoms with Gasteiger partial charge in [-0.2, -0.15) is 0 Å². The number of benzene rings is 1. The Kier molecular flexibility index (Phi) is 6.16. The van der Waals surface area contributed by atoms with E-state index < -0.39 is 0 Å². The molecular weight excluding hydrogens is 368 g/mol. The minimum Gasteiger partial charge on any atom is -0.490 e. The summed E-state index contributed by atoms with van der Waals surface area (Å²) in [5, 5.41) is 2.91. The molecule has 2 atom stereocenters. The van der Waals surface area contributed by atoms with Crippen LogP contribution in [-0.4, -0.2) is 35.3 Å². The zero-order chi connectivity index (χ0) is 20.2. The third-order valence-corrected chi connectivity index (χ3v) is 6.54. The Bertz CT molecular complexity index is 748. The van der Waals surface area contributed by atoms with Gasteiger partial charge in [0.1, 0.15) is 5.75 Å². The summed E-state index contributed by atoms with van der Waals surface area (Å²) in [5.74, 6) is 0.202. The third kappa shape index (κ3) is 4.46. The van der Waals surface area contributed by atoms with E-state index in [4.69, 9.17) is 4.74 Å². The number of hydrogen-bond donors (Lipinski definition) is 1. The van der Waals surface area contributed by atoms with E-state index in [-0.39, 0.29) is 48.6 Å². The molecule has 4 rings (SSSR count). The number of amides is 3. The van der Waals surface area contributed by atoms with Gasteiger partial charge in [0, 0.05) is 25.1 Å². The van der Waals surface area contributed by atoms with Crippen LogP contribution in [0, 0.1) is 11.8 Å². The van der Waals surface area contributed by atoms with Crippen molar-refractivity contribution in [3.05, 3.63) is 29.8 Å². The summed E-state index contributed by atoms with van der Waals surface area (Å²) in [5.41, 5.74) is 0.951. The van der Waals surface area contributed by atoms with Gasteiger partial charge in [0.15, 0.2) is 0 Å². The molecule has 3 aliphatic rings. The number of ether oxygens (including phenoxy) is 1. The van der Waals surface area contributed by atoms with E-state index in [1.807, 2.05) is 24.3 Å². The van der Waals surface area contributed by atoms with Gasteiger partial charge in [-0.1, -0.05) is 31.0 Å². The molecule has 3 fully saturated rings. The van der Waals surface area contributed by atoms with E-state index in [2.05, 4.69) is 5.32 Å². The zero-order valence-corrected chi connectivity index (χ0v) is 16.9. The topological polar surface area (TPSA) is 75.7 Å². The van der Waals surface area contributed by atoms with E-state index in [1.54, 1.807) is 0 Å². The van der Waals surface area contributed by atoms with Crippen LogP contribution < -0.4 is 10.1 Å². The average Bonchev–Trinajstić information content (AvgIpc) is 3.33. The summed E-state index contributed by atoms with van der Waals surface area (Å²) in [7, 11) is 0. The standard InChI is InChI=1S/C23H30N2O4/c26-21(13-14-25-22(27)18-10-4-5-11-19(18)23(25)28)24-15-16-7-1-6-12-20(16)29-17-8-2-3-9-17/h1,6-7,12,17-19H,2-5,8-11,13-15H2,(H,24,26). The number of carbonyl (C=O) groups is 3. The first-order chi connectivity index (χ1) is 14.1. The van der Waals surface area contributed by atoms with Gasteiger partial charge in [-0.3, -0.25) is 19.3 Å². The Balaban J connectivity index is 1.27. The van der Waals surface area contributed by atoms with Gasteiger partial charge in [-0.05, 0) is 44.6 Å². The quantitative estimate of drug-likeness (QED) is 0.716. The van der Waals surface area contributed by atoms with E-state index >= 15 is 0 Å². The van der Waals surface area contributed by atoms with Crippen LogP contribution in [0.1, 0.15) is 63.4 Å². The van der Waals surface area contributed by atoms with Crippen LogP contribution in [0.25, 0.3) is 0 Å². The van der Waals surface area contributed by atoms with Crippen molar-refractivity contribution in [2.75, 3.05) is 6.54 Å². The van der Waals surface area contributed by atoms with Crippen molar-refractivity contribution in [2.24, 2.45) is 11.8 Å². The molecule has 6 heteroatoms. The zero-order valence-electron chi connectivity index (χ0n) is 16.9. The lowest BCUT2D eigenvalue weighted by Crippen LogP contribution is -2.35. The van der Waals surface area contributed by atoms with Gasteiger partial charge in [0.05, 0.1) is 17.9 Å². The largest absolute Gasteiger partial charge is 0.490 e. The van der Waals surface area contributed by atoms with E-state index in [0.717, 1.165) is 49.8 Å². The molecule has 2 aliphatic carbocycles. The molecule has 1 aliphatic heterocycles. The molecule has 156 valence electrons. The number of nitrogens with one attached hydrogen (secondary N) is 1. The SMILES string of the molecule is O=C(CCN1C(=O)C2CCCCC2C1=O)NCc1ccccc1OC1CCCC1. The van der Waals surface area contributed by atoms with Crippen LogP contribution in [-0.2, 0) is 20.9 Å². The lowest BCUT2D eigenvalue weighted by Gasteiger charge is -2.19. The Morgan fingerprint density at radius 2 is 1.59 bits per heavy atom. The molecule has 0 bridgehead atoms. The highest BCUT2D eigenvalue weighted by atomic mass is 16.5. The summed E-state index contributed by atoms with van der Waals surface area (Å²) in [6.07, 6.45) is 8.61. The molecular formula is C23H30N2O4. The van der Waals surface area contributed by atoms with Gasteiger partial charge in [-0.25, -0.2) is 0 Å². The Morgan fingerprint density at radius 3 is 2.28 bits per heavy atom. The fourth-order valence-corrected chi connectivity index (χ4v) is 4.90. The van der Waals surface area contributed by atoms with E-state index in [1.165, 1.54) is 17.7 Å². The summed E-state index contributed by atoms with van der Waals surface area (Å²) >= 11 is 0. The normalized spacial score (nSPS) is 24.6. The number of hydrogen-bond acceptors (Lipinski definition) is 4. The second-order valence-electron chi connectivity index (χ2n) is 8.48. The summed E-state index contributed by atoms with van der Waals surface area (Å²) in [6, 6.07) is 7.79. The van der Waals surface area contributed by atoms with Crippen LogP contribution in [0.3, 0.4) is 0 Å². The van der Waals surface area contributed by atoms with Gasteiger partial charge in [-0.15, -0.1) is 0 Å². The lowest BCUT2D eigenvalue weighted by molar-refractivity contribution is -0.140. The number of para-hydroxylation sites is 1. The smallest absolute Gasteiger partial charge is 0.233 e. The minimum atomic E-state index is -0.156. The molecule has 6 nitrogen and oxygen atoms in total. The van der Waals surface area contributed by atoms with Crippen molar-refractivity contribution in [1.29, 1.82) is 0 Å².